The summed E-state index contributed by atoms with van der Waals surface area (Å²) in [5.41, 5.74) is 5.30. The Hall–Kier alpha value is -2.34. The van der Waals surface area contributed by atoms with Crippen LogP contribution in [-0.4, -0.2) is 49.4 Å². The Morgan fingerprint density at radius 3 is 2.44 bits per heavy atom. The van der Waals surface area contributed by atoms with Gasteiger partial charge < -0.3 is 9.80 Å². The molecule has 5 nitrogen and oxygen atoms in total. The summed E-state index contributed by atoms with van der Waals surface area (Å²) in [7, 11) is 3.28. The highest BCUT2D eigenvalue weighted by atomic mass is 32.2. The molecule has 1 unspecified atom stereocenters. The maximum atomic E-state index is 12.6. The van der Waals surface area contributed by atoms with Crippen LogP contribution in [0, 0.1) is 13.8 Å². The third-order valence-electron chi connectivity index (χ3n) is 4.76. The zero-order valence-electron chi connectivity index (χ0n) is 17.4. The fraction of sp³-hybridized carbons (Fsp3) is 0.381. The van der Waals surface area contributed by atoms with Crippen LogP contribution in [0.4, 0.5) is 17.1 Å². The molecule has 0 amide bonds. The predicted octanol–water partition coefficient (Wildman–Crippen LogP) is 4.77. The van der Waals surface area contributed by atoms with Gasteiger partial charge >= 0.3 is 0 Å². The average Bonchev–Trinajstić information content (AvgIpc) is 2.67. The lowest BCUT2D eigenvalue weighted by Gasteiger charge is -2.23. The summed E-state index contributed by atoms with van der Waals surface area (Å²) in [5, 5.41) is 0. The Kier molecular flexibility index (Phi) is 6.65. The first kappa shape index (κ1) is 21.0. The second kappa shape index (κ2) is 8.57. The minimum atomic E-state index is -2.35. The number of aliphatic imine (C=N–C) groups is 1. The average molecular weight is 387 g/mol. The van der Waals surface area contributed by atoms with Crippen molar-refractivity contribution in [3.63, 3.8) is 0 Å². The van der Waals surface area contributed by atoms with Crippen molar-refractivity contribution in [2.24, 2.45) is 9.36 Å². The Morgan fingerprint density at radius 2 is 1.81 bits per heavy atom. The van der Waals surface area contributed by atoms with Crippen LogP contribution in [0.2, 0.25) is 0 Å². The van der Waals surface area contributed by atoms with Gasteiger partial charge in [-0.05, 0) is 62.2 Å². The second-order valence-electron chi connectivity index (χ2n) is 6.78. The zero-order chi connectivity index (χ0) is 20.2. The SMILES string of the molecule is CCN(C)/C=N\c1cc(C)c(N(C)c2cccc(S(C)(=O)=NC)c2)cc1C. The molecular formula is C21H30N4OS. The lowest BCUT2D eigenvalue weighted by Crippen LogP contribution is -2.14. The van der Waals surface area contributed by atoms with Crippen LogP contribution in [-0.2, 0) is 9.73 Å². The molecule has 2 aromatic rings. The Morgan fingerprint density at radius 1 is 1.11 bits per heavy atom. The summed E-state index contributed by atoms with van der Waals surface area (Å²) in [4.78, 5) is 9.50. The lowest BCUT2D eigenvalue weighted by molar-refractivity contribution is 0.552. The molecule has 0 aliphatic heterocycles. The van der Waals surface area contributed by atoms with Gasteiger partial charge in [-0.1, -0.05) is 6.07 Å². The van der Waals surface area contributed by atoms with Gasteiger partial charge in [-0.2, -0.15) is 0 Å². The van der Waals surface area contributed by atoms with Gasteiger partial charge in [0.05, 0.1) is 21.8 Å². The molecule has 0 N–H and O–H groups in total. The van der Waals surface area contributed by atoms with Crippen molar-refractivity contribution in [1.29, 1.82) is 0 Å². The van der Waals surface area contributed by atoms with E-state index in [1.165, 1.54) is 0 Å². The Balaban J connectivity index is 2.42. The van der Waals surface area contributed by atoms with Crippen molar-refractivity contribution >= 4 is 33.1 Å². The summed E-state index contributed by atoms with van der Waals surface area (Å²) in [5.74, 6) is 0. The molecule has 0 radical (unpaired) electrons. The van der Waals surface area contributed by atoms with Gasteiger partial charge in [-0.15, -0.1) is 0 Å². The van der Waals surface area contributed by atoms with E-state index in [9.17, 15) is 4.21 Å². The fourth-order valence-electron chi connectivity index (χ4n) is 2.70. The summed E-state index contributed by atoms with van der Waals surface area (Å²) >= 11 is 0. The molecule has 1 atom stereocenters. The molecule has 0 fully saturated rings. The number of benzene rings is 2. The standard InChI is InChI=1S/C21H30N4OS/c1-8-24(5)15-23-20-12-17(3)21(13-16(20)2)25(6)18-10-9-11-19(14-18)27(7,26)22-4/h9-15H,8H2,1-7H3/b23-15-. The first-order valence-corrected chi connectivity index (χ1v) is 10.9. The van der Waals surface area contributed by atoms with E-state index in [4.69, 9.17) is 0 Å². The van der Waals surface area contributed by atoms with Crippen LogP contribution in [0.15, 0.2) is 50.6 Å². The normalized spacial score (nSPS) is 13.4. The number of hydrogen-bond donors (Lipinski definition) is 0. The molecule has 0 saturated heterocycles. The molecular weight excluding hydrogens is 356 g/mol. The van der Waals surface area contributed by atoms with Crippen LogP contribution in [0.1, 0.15) is 18.1 Å². The van der Waals surface area contributed by atoms with Crippen molar-refractivity contribution in [2.75, 3.05) is 38.8 Å². The topological polar surface area (TPSA) is 48.3 Å². The zero-order valence-corrected chi connectivity index (χ0v) is 18.2. The van der Waals surface area contributed by atoms with E-state index in [2.05, 4.69) is 47.2 Å². The minimum absolute atomic E-state index is 0.743. The maximum absolute atomic E-state index is 12.6. The van der Waals surface area contributed by atoms with E-state index >= 15 is 0 Å². The van der Waals surface area contributed by atoms with Crippen molar-refractivity contribution in [3.05, 3.63) is 47.5 Å². The predicted molar refractivity (Wildman–Crippen MR) is 118 cm³/mol. The fourth-order valence-corrected chi connectivity index (χ4v) is 3.58. The molecule has 6 heteroatoms. The van der Waals surface area contributed by atoms with Gasteiger partial charge in [-0.3, -0.25) is 0 Å². The smallest absolute Gasteiger partial charge is 0.0909 e. The van der Waals surface area contributed by atoms with E-state index in [1.54, 1.807) is 13.3 Å². The molecule has 146 valence electrons. The van der Waals surface area contributed by atoms with Gasteiger partial charge in [0.25, 0.3) is 0 Å². The summed E-state index contributed by atoms with van der Waals surface area (Å²) in [6, 6.07) is 12.0. The van der Waals surface area contributed by atoms with Gasteiger partial charge in [0.1, 0.15) is 0 Å². The molecule has 0 saturated carbocycles. The summed E-state index contributed by atoms with van der Waals surface area (Å²) in [6.07, 6.45) is 3.53. The van der Waals surface area contributed by atoms with Crippen LogP contribution in [0.5, 0.6) is 0 Å². The number of anilines is 2. The third-order valence-corrected chi connectivity index (χ3v) is 6.58. The first-order valence-electron chi connectivity index (χ1n) is 8.99. The lowest BCUT2D eigenvalue weighted by atomic mass is 10.1. The summed E-state index contributed by atoms with van der Waals surface area (Å²) in [6.45, 7) is 7.17. The van der Waals surface area contributed by atoms with E-state index in [1.807, 2.05) is 49.6 Å². The maximum Gasteiger partial charge on any atom is 0.0909 e. The monoisotopic (exact) mass is 386 g/mol. The van der Waals surface area contributed by atoms with Crippen molar-refractivity contribution in [2.45, 2.75) is 25.7 Å². The molecule has 2 aromatic carbocycles. The van der Waals surface area contributed by atoms with Crippen LogP contribution < -0.4 is 4.90 Å². The molecule has 0 bridgehead atoms. The molecule has 0 spiro atoms. The van der Waals surface area contributed by atoms with Gasteiger partial charge in [0.15, 0.2) is 0 Å². The third kappa shape index (κ3) is 4.89. The van der Waals surface area contributed by atoms with Crippen LogP contribution in [0.25, 0.3) is 0 Å². The van der Waals surface area contributed by atoms with Crippen LogP contribution in [0.3, 0.4) is 0 Å². The molecule has 0 aliphatic carbocycles. The van der Waals surface area contributed by atoms with Crippen molar-refractivity contribution in [1.82, 2.24) is 4.90 Å². The van der Waals surface area contributed by atoms with E-state index < -0.39 is 9.73 Å². The van der Waals surface area contributed by atoms with Gasteiger partial charge in [0.2, 0.25) is 0 Å². The molecule has 2 rings (SSSR count). The number of hydrogen-bond acceptors (Lipinski definition) is 4. The van der Waals surface area contributed by atoms with E-state index in [-0.39, 0.29) is 0 Å². The van der Waals surface area contributed by atoms with Crippen molar-refractivity contribution < 1.29 is 4.21 Å². The van der Waals surface area contributed by atoms with Crippen LogP contribution >= 0.6 is 0 Å². The molecule has 0 aliphatic rings. The highest BCUT2D eigenvalue weighted by molar-refractivity contribution is 7.93. The minimum Gasteiger partial charge on any atom is -0.366 e. The Labute approximate surface area is 163 Å². The summed E-state index contributed by atoms with van der Waals surface area (Å²) < 4.78 is 16.6. The van der Waals surface area contributed by atoms with Gasteiger partial charge in [-0.25, -0.2) is 13.6 Å². The quantitative estimate of drug-likeness (QED) is 0.531. The van der Waals surface area contributed by atoms with E-state index in [0.29, 0.717) is 0 Å². The highest BCUT2D eigenvalue weighted by Gasteiger charge is 2.12. The highest BCUT2D eigenvalue weighted by Crippen LogP contribution is 2.33. The molecule has 0 aromatic heterocycles. The first-order chi connectivity index (χ1) is 12.7. The second-order valence-corrected chi connectivity index (χ2v) is 9.23. The largest absolute Gasteiger partial charge is 0.366 e. The molecule has 0 heterocycles. The molecule has 27 heavy (non-hydrogen) atoms. The number of nitrogens with zero attached hydrogens (tertiary/aromatic N) is 4. The number of rotatable bonds is 6. The van der Waals surface area contributed by atoms with Crippen molar-refractivity contribution in [3.8, 4) is 0 Å². The number of aryl methyl sites for hydroxylation is 2. The Bertz CT molecular complexity index is 959. The van der Waals surface area contributed by atoms with E-state index in [0.717, 1.165) is 39.6 Å². The van der Waals surface area contributed by atoms with Gasteiger partial charge in [0, 0.05) is 50.2 Å².